The Balaban J connectivity index is 2.33. The second-order valence-corrected chi connectivity index (χ2v) is 5.97. The summed E-state index contributed by atoms with van der Waals surface area (Å²) >= 11 is 0. The standard InChI is InChI=1S/C16H21NO4/c1-9-8-12(13(18)11-7-5-6-10(9)11)14(19)17-16(2,3)15(20)21-4/h8,18H,5-7H2,1-4H3,(H,17,19). The summed E-state index contributed by atoms with van der Waals surface area (Å²) in [6.45, 7) is 5.06. The topological polar surface area (TPSA) is 75.6 Å². The summed E-state index contributed by atoms with van der Waals surface area (Å²) < 4.78 is 4.66. The lowest BCUT2D eigenvalue weighted by molar-refractivity contribution is -0.146. The molecular weight excluding hydrogens is 270 g/mol. The van der Waals surface area contributed by atoms with E-state index in [1.165, 1.54) is 7.11 Å². The van der Waals surface area contributed by atoms with Gasteiger partial charge < -0.3 is 15.2 Å². The number of benzene rings is 1. The predicted molar refractivity (Wildman–Crippen MR) is 78.4 cm³/mol. The van der Waals surface area contributed by atoms with Crippen LogP contribution in [-0.4, -0.2) is 29.6 Å². The van der Waals surface area contributed by atoms with Crippen molar-refractivity contribution in [3.8, 4) is 5.75 Å². The Bertz CT molecular complexity index is 605. The van der Waals surface area contributed by atoms with Crippen molar-refractivity contribution >= 4 is 11.9 Å². The normalized spacial score (nSPS) is 13.7. The van der Waals surface area contributed by atoms with Gasteiger partial charge in [0.1, 0.15) is 11.3 Å². The minimum atomic E-state index is -1.15. The van der Waals surface area contributed by atoms with Crippen molar-refractivity contribution in [3.05, 3.63) is 28.3 Å². The lowest BCUT2D eigenvalue weighted by Gasteiger charge is -2.23. The van der Waals surface area contributed by atoms with Crippen molar-refractivity contribution in [1.29, 1.82) is 0 Å². The quantitative estimate of drug-likeness (QED) is 0.834. The average Bonchev–Trinajstić information content (AvgIpc) is 2.91. The fourth-order valence-corrected chi connectivity index (χ4v) is 2.81. The van der Waals surface area contributed by atoms with Crippen LogP contribution in [0.3, 0.4) is 0 Å². The second kappa shape index (κ2) is 5.39. The summed E-state index contributed by atoms with van der Waals surface area (Å²) in [6, 6.07) is 1.68. The van der Waals surface area contributed by atoms with Crippen molar-refractivity contribution in [3.63, 3.8) is 0 Å². The molecule has 0 radical (unpaired) electrons. The molecule has 1 aromatic carbocycles. The molecule has 0 fully saturated rings. The van der Waals surface area contributed by atoms with E-state index in [2.05, 4.69) is 10.1 Å². The second-order valence-electron chi connectivity index (χ2n) is 5.97. The van der Waals surface area contributed by atoms with Crippen LogP contribution in [0.4, 0.5) is 0 Å². The number of methoxy groups -OCH3 is 1. The first-order chi connectivity index (χ1) is 9.77. The van der Waals surface area contributed by atoms with E-state index in [1.807, 2.05) is 6.92 Å². The first kappa shape index (κ1) is 15.4. The van der Waals surface area contributed by atoms with Crippen molar-refractivity contribution in [2.75, 3.05) is 7.11 Å². The first-order valence-corrected chi connectivity index (χ1v) is 7.03. The van der Waals surface area contributed by atoms with Gasteiger partial charge in [0.25, 0.3) is 5.91 Å². The van der Waals surface area contributed by atoms with E-state index >= 15 is 0 Å². The number of hydrogen-bond donors (Lipinski definition) is 2. The molecule has 114 valence electrons. The highest BCUT2D eigenvalue weighted by Gasteiger charge is 2.32. The number of aryl methyl sites for hydroxylation is 1. The maximum atomic E-state index is 12.4. The van der Waals surface area contributed by atoms with Gasteiger partial charge in [-0.2, -0.15) is 0 Å². The molecule has 1 aromatic rings. The number of aromatic hydroxyl groups is 1. The number of ether oxygens (including phenoxy) is 1. The van der Waals surface area contributed by atoms with E-state index in [9.17, 15) is 14.7 Å². The Hall–Kier alpha value is -2.04. The molecule has 0 aliphatic heterocycles. The highest BCUT2D eigenvalue weighted by molar-refractivity contribution is 6.00. The molecule has 0 unspecified atom stereocenters. The van der Waals surface area contributed by atoms with E-state index < -0.39 is 17.4 Å². The smallest absolute Gasteiger partial charge is 0.330 e. The van der Waals surface area contributed by atoms with Gasteiger partial charge in [-0.05, 0) is 62.8 Å². The van der Waals surface area contributed by atoms with Crippen LogP contribution in [0.5, 0.6) is 5.75 Å². The Morgan fingerprint density at radius 3 is 2.52 bits per heavy atom. The summed E-state index contributed by atoms with van der Waals surface area (Å²) in [4.78, 5) is 24.0. The van der Waals surface area contributed by atoms with Crippen LogP contribution in [0.25, 0.3) is 0 Å². The van der Waals surface area contributed by atoms with Crippen molar-refractivity contribution < 1.29 is 19.4 Å². The third-order valence-corrected chi connectivity index (χ3v) is 3.96. The number of hydrogen-bond acceptors (Lipinski definition) is 4. The molecule has 0 aromatic heterocycles. The van der Waals surface area contributed by atoms with Gasteiger partial charge in [-0.15, -0.1) is 0 Å². The van der Waals surface area contributed by atoms with Crippen molar-refractivity contribution in [2.45, 2.75) is 45.6 Å². The maximum Gasteiger partial charge on any atom is 0.330 e. The maximum absolute atomic E-state index is 12.4. The molecule has 1 aliphatic rings. The zero-order chi connectivity index (χ0) is 15.8. The summed E-state index contributed by atoms with van der Waals surface area (Å²) in [5, 5.41) is 12.9. The van der Waals surface area contributed by atoms with E-state index in [1.54, 1.807) is 19.9 Å². The van der Waals surface area contributed by atoms with Crippen LogP contribution in [0.15, 0.2) is 6.07 Å². The number of fused-ring (bicyclic) bond motifs is 1. The molecule has 0 saturated carbocycles. The van der Waals surface area contributed by atoms with E-state index in [4.69, 9.17) is 0 Å². The van der Waals surface area contributed by atoms with Gasteiger partial charge in [0.2, 0.25) is 0 Å². The molecule has 5 nitrogen and oxygen atoms in total. The Kier molecular flexibility index (Phi) is 3.94. The zero-order valence-corrected chi connectivity index (χ0v) is 12.9. The van der Waals surface area contributed by atoms with Gasteiger partial charge in [-0.1, -0.05) is 0 Å². The summed E-state index contributed by atoms with van der Waals surface area (Å²) in [6.07, 6.45) is 2.70. The van der Waals surface area contributed by atoms with Gasteiger partial charge in [-0.3, -0.25) is 4.79 Å². The van der Waals surface area contributed by atoms with Crippen LogP contribution < -0.4 is 5.32 Å². The Labute approximate surface area is 124 Å². The molecular formula is C16H21NO4. The SMILES string of the molecule is COC(=O)C(C)(C)NC(=O)c1cc(C)c2c(c1O)CCC2. The van der Waals surface area contributed by atoms with E-state index in [0.29, 0.717) is 0 Å². The number of carbonyl (C=O) groups excluding carboxylic acids is 2. The Morgan fingerprint density at radius 1 is 1.29 bits per heavy atom. The zero-order valence-electron chi connectivity index (χ0n) is 12.9. The van der Waals surface area contributed by atoms with Crippen LogP contribution in [0, 0.1) is 6.92 Å². The lowest BCUT2D eigenvalue weighted by atomic mass is 9.97. The molecule has 2 rings (SSSR count). The van der Waals surface area contributed by atoms with Crippen LogP contribution in [-0.2, 0) is 22.4 Å². The number of rotatable bonds is 3. The van der Waals surface area contributed by atoms with Gasteiger partial charge in [0.05, 0.1) is 12.7 Å². The van der Waals surface area contributed by atoms with Crippen LogP contribution in [0.1, 0.15) is 47.3 Å². The molecule has 0 atom stereocenters. The number of esters is 1. The number of phenols is 1. The molecule has 0 bridgehead atoms. The highest BCUT2D eigenvalue weighted by atomic mass is 16.5. The summed E-state index contributed by atoms with van der Waals surface area (Å²) in [5.41, 5.74) is 2.06. The minimum Gasteiger partial charge on any atom is -0.507 e. The lowest BCUT2D eigenvalue weighted by Crippen LogP contribution is -2.50. The molecule has 2 N–H and O–H groups in total. The van der Waals surface area contributed by atoms with Crippen molar-refractivity contribution in [2.24, 2.45) is 0 Å². The monoisotopic (exact) mass is 291 g/mol. The fourth-order valence-electron chi connectivity index (χ4n) is 2.81. The number of phenolic OH excluding ortho intramolecular Hbond substituents is 1. The molecule has 0 heterocycles. The Morgan fingerprint density at radius 2 is 1.90 bits per heavy atom. The summed E-state index contributed by atoms with van der Waals surface area (Å²) in [5.74, 6) is -0.972. The van der Waals surface area contributed by atoms with Crippen LogP contribution >= 0.6 is 0 Å². The minimum absolute atomic E-state index is 0.0336. The highest BCUT2D eigenvalue weighted by Crippen LogP contribution is 2.35. The molecule has 0 spiro atoms. The van der Waals surface area contributed by atoms with Crippen LogP contribution in [0.2, 0.25) is 0 Å². The number of nitrogens with one attached hydrogen (secondary N) is 1. The first-order valence-electron chi connectivity index (χ1n) is 7.03. The van der Waals surface area contributed by atoms with Gasteiger partial charge in [0.15, 0.2) is 0 Å². The molecule has 0 saturated heterocycles. The molecule has 5 heteroatoms. The van der Waals surface area contributed by atoms with Gasteiger partial charge >= 0.3 is 5.97 Å². The third kappa shape index (κ3) is 2.73. The van der Waals surface area contributed by atoms with Crippen molar-refractivity contribution in [1.82, 2.24) is 5.32 Å². The van der Waals surface area contributed by atoms with Gasteiger partial charge in [-0.25, -0.2) is 4.79 Å². The molecule has 1 amide bonds. The molecule has 21 heavy (non-hydrogen) atoms. The predicted octanol–water partition coefficient (Wildman–Crippen LogP) is 1.87. The average molecular weight is 291 g/mol. The fraction of sp³-hybridized carbons (Fsp3) is 0.500. The van der Waals surface area contributed by atoms with Gasteiger partial charge in [0, 0.05) is 0 Å². The largest absolute Gasteiger partial charge is 0.507 e. The number of amides is 1. The number of carbonyl (C=O) groups is 2. The van der Waals surface area contributed by atoms with E-state index in [0.717, 1.165) is 36.0 Å². The third-order valence-electron chi connectivity index (χ3n) is 3.96. The van der Waals surface area contributed by atoms with E-state index in [-0.39, 0.29) is 11.3 Å². The molecule has 1 aliphatic carbocycles. The summed E-state index contributed by atoms with van der Waals surface area (Å²) in [7, 11) is 1.27.